The van der Waals surface area contributed by atoms with Crippen molar-refractivity contribution in [3.8, 4) is 0 Å². The van der Waals surface area contributed by atoms with E-state index >= 15 is 0 Å². The molecular weight excluding hydrogens is 302 g/mol. The van der Waals surface area contributed by atoms with Gasteiger partial charge in [-0.05, 0) is 24.3 Å². The largest absolute Gasteiger partial charge is 0.489 e. The van der Waals surface area contributed by atoms with Gasteiger partial charge in [0.05, 0.1) is 5.69 Å². The highest BCUT2D eigenvalue weighted by Gasteiger charge is 2.17. The third kappa shape index (κ3) is 3.58. The molecule has 0 unspecified atom stereocenters. The van der Waals surface area contributed by atoms with E-state index in [4.69, 9.17) is 21.6 Å². The summed E-state index contributed by atoms with van der Waals surface area (Å²) in [6, 6.07) is 6.54. The number of carbonyl (C=O) groups is 1. The lowest BCUT2D eigenvalue weighted by atomic mass is 9.80. The molecule has 21 heavy (non-hydrogen) atoms. The molecule has 3 N–H and O–H groups in total. The number of amides is 1. The fourth-order valence-corrected chi connectivity index (χ4v) is 1.94. The first-order valence-corrected chi connectivity index (χ1v) is 6.18. The van der Waals surface area contributed by atoms with E-state index in [0.29, 0.717) is 6.07 Å². The number of carbonyl (C=O) groups excluding carboxylic acids is 1. The fraction of sp³-hybridized carbons (Fsp3) is 0. The van der Waals surface area contributed by atoms with Crippen molar-refractivity contribution in [2.45, 2.75) is 0 Å². The zero-order valence-corrected chi connectivity index (χ0v) is 11.2. The quantitative estimate of drug-likeness (QED) is 0.753. The SMILES string of the molecule is O=C(Nc1ccc(F)cc1F)c1ccc(B(O)O)c(Cl)c1. The van der Waals surface area contributed by atoms with Crippen molar-refractivity contribution >= 4 is 35.8 Å². The fourth-order valence-electron chi connectivity index (χ4n) is 1.66. The second-order valence-corrected chi connectivity index (χ2v) is 4.60. The van der Waals surface area contributed by atoms with Crippen LogP contribution in [0.15, 0.2) is 36.4 Å². The number of halogens is 3. The molecule has 0 aromatic heterocycles. The molecule has 2 rings (SSSR count). The lowest BCUT2D eigenvalue weighted by Crippen LogP contribution is -2.31. The molecule has 4 nitrogen and oxygen atoms in total. The molecule has 0 spiro atoms. The minimum atomic E-state index is -1.76. The number of benzene rings is 2. The molecule has 2 aromatic rings. The molecule has 0 fully saturated rings. The summed E-state index contributed by atoms with van der Waals surface area (Å²) in [5.41, 5.74) is -0.0434. The average molecular weight is 311 g/mol. The van der Waals surface area contributed by atoms with Crippen molar-refractivity contribution in [2.24, 2.45) is 0 Å². The molecule has 108 valence electrons. The Morgan fingerprint density at radius 3 is 2.43 bits per heavy atom. The lowest BCUT2D eigenvalue weighted by Gasteiger charge is -2.08. The van der Waals surface area contributed by atoms with Crippen LogP contribution in [-0.2, 0) is 0 Å². The van der Waals surface area contributed by atoms with Gasteiger partial charge in [0.2, 0.25) is 0 Å². The van der Waals surface area contributed by atoms with Crippen LogP contribution in [0.5, 0.6) is 0 Å². The Hall–Kier alpha value is -1.96. The average Bonchev–Trinajstić information content (AvgIpc) is 2.41. The maximum absolute atomic E-state index is 13.4. The van der Waals surface area contributed by atoms with Crippen LogP contribution in [-0.4, -0.2) is 23.1 Å². The zero-order chi connectivity index (χ0) is 15.6. The Bertz CT molecular complexity index is 697. The molecule has 0 saturated heterocycles. The van der Waals surface area contributed by atoms with Gasteiger partial charge in [-0.25, -0.2) is 8.78 Å². The van der Waals surface area contributed by atoms with E-state index in [-0.39, 0.29) is 21.7 Å². The van der Waals surface area contributed by atoms with Crippen LogP contribution in [0.25, 0.3) is 0 Å². The molecule has 0 radical (unpaired) electrons. The van der Waals surface area contributed by atoms with Gasteiger partial charge in [-0.3, -0.25) is 4.79 Å². The summed E-state index contributed by atoms with van der Waals surface area (Å²) in [7, 11) is -1.76. The van der Waals surface area contributed by atoms with E-state index in [1.807, 2.05) is 0 Å². The maximum atomic E-state index is 13.4. The summed E-state index contributed by atoms with van der Waals surface area (Å²) in [6.07, 6.45) is 0. The van der Waals surface area contributed by atoms with Gasteiger partial charge in [-0.1, -0.05) is 17.7 Å². The molecule has 2 aromatic carbocycles. The van der Waals surface area contributed by atoms with Gasteiger partial charge in [0, 0.05) is 22.1 Å². The van der Waals surface area contributed by atoms with Crippen molar-refractivity contribution in [1.82, 2.24) is 0 Å². The molecule has 0 aliphatic heterocycles. The Morgan fingerprint density at radius 1 is 1.14 bits per heavy atom. The molecule has 0 aliphatic rings. The van der Waals surface area contributed by atoms with Crippen LogP contribution in [0, 0.1) is 11.6 Å². The molecule has 0 bridgehead atoms. The second kappa shape index (κ2) is 6.21. The number of hydrogen-bond donors (Lipinski definition) is 3. The summed E-state index contributed by atoms with van der Waals surface area (Å²) in [5, 5.41) is 20.3. The third-order valence-electron chi connectivity index (χ3n) is 2.72. The van der Waals surface area contributed by atoms with Gasteiger partial charge in [0.15, 0.2) is 0 Å². The van der Waals surface area contributed by atoms with Crippen LogP contribution >= 0.6 is 11.6 Å². The van der Waals surface area contributed by atoms with E-state index in [1.165, 1.54) is 18.2 Å². The van der Waals surface area contributed by atoms with Gasteiger partial charge in [0.1, 0.15) is 11.6 Å². The van der Waals surface area contributed by atoms with Crippen LogP contribution in [0.4, 0.5) is 14.5 Å². The van der Waals surface area contributed by atoms with E-state index in [9.17, 15) is 13.6 Å². The first-order chi connectivity index (χ1) is 9.88. The topological polar surface area (TPSA) is 69.6 Å². The van der Waals surface area contributed by atoms with Gasteiger partial charge in [-0.2, -0.15) is 0 Å². The van der Waals surface area contributed by atoms with Crippen molar-refractivity contribution in [1.29, 1.82) is 0 Å². The highest BCUT2D eigenvalue weighted by molar-refractivity contribution is 6.62. The smallest absolute Gasteiger partial charge is 0.423 e. The first-order valence-electron chi connectivity index (χ1n) is 5.80. The second-order valence-electron chi connectivity index (χ2n) is 4.19. The normalized spacial score (nSPS) is 10.3. The van der Waals surface area contributed by atoms with Crippen LogP contribution < -0.4 is 10.8 Å². The number of nitrogens with one attached hydrogen (secondary N) is 1. The van der Waals surface area contributed by atoms with E-state index in [0.717, 1.165) is 12.1 Å². The minimum Gasteiger partial charge on any atom is -0.423 e. The summed E-state index contributed by atoms with van der Waals surface area (Å²) in [6.45, 7) is 0. The van der Waals surface area contributed by atoms with Crippen molar-refractivity contribution in [3.63, 3.8) is 0 Å². The van der Waals surface area contributed by atoms with Gasteiger partial charge >= 0.3 is 7.12 Å². The van der Waals surface area contributed by atoms with Crippen molar-refractivity contribution < 1.29 is 23.6 Å². The summed E-state index contributed by atoms with van der Waals surface area (Å²) < 4.78 is 26.2. The number of anilines is 1. The van der Waals surface area contributed by atoms with Crippen LogP contribution in [0.2, 0.25) is 5.02 Å². The molecule has 0 heterocycles. The zero-order valence-electron chi connectivity index (χ0n) is 10.5. The molecular formula is C13H9BClF2NO3. The highest BCUT2D eigenvalue weighted by Crippen LogP contribution is 2.17. The Balaban J connectivity index is 2.22. The number of hydrogen-bond acceptors (Lipinski definition) is 3. The van der Waals surface area contributed by atoms with E-state index in [1.54, 1.807) is 0 Å². The third-order valence-corrected chi connectivity index (χ3v) is 3.05. The number of rotatable bonds is 3. The molecule has 8 heteroatoms. The van der Waals surface area contributed by atoms with Crippen molar-refractivity contribution in [2.75, 3.05) is 5.32 Å². The maximum Gasteiger partial charge on any atom is 0.489 e. The van der Waals surface area contributed by atoms with E-state index in [2.05, 4.69) is 5.32 Å². The predicted octanol–water partition coefficient (Wildman–Crippen LogP) is 1.55. The molecule has 0 saturated carbocycles. The predicted molar refractivity (Wildman–Crippen MR) is 75.6 cm³/mol. The lowest BCUT2D eigenvalue weighted by molar-refractivity contribution is 0.102. The van der Waals surface area contributed by atoms with Crippen LogP contribution in [0.1, 0.15) is 10.4 Å². The molecule has 0 aliphatic carbocycles. The monoisotopic (exact) mass is 311 g/mol. The first kappa shape index (κ1) is 15.4. The summed E-state index contributed by atoms with van der Waals surface area (Å²) in [4.78, 5) is 11.9. The molecule has 0 atom stereocenters. The van der Waals surface area contributed by atoms with Crippen molar-refractivity contribution in [3.05, 3.63) is 58.6 Å². The van der Waals surface area contributed by atoms with Gasteiger partial charge in [0.25, 0.3) is 5.91 Å². The van der Waals surface area contributed by atoms with E-state index < -0.39 is 24.7 Å². The standard InChI is InChI=1S/C13H9BClF2NO3/c15-10-5-7(1-3-9(10)14(20)21)13(19)18-12-4-2-8(16)6-11(12)17/h1-6,20-21H,(H,18,19). The summed E-state index contributed by atoms with van der Waals surface area (Å²) >= 11 is 5.80. The van der Waals surface area contributed by atoms with Crippen LogP contribution in [0.3, 0.4) is 0 Å². The molecule has 1 amide bonds. The Labute approximate surface area is 124 Å². The Kier molecular flexibility index (Phi) is 4.57. The Morgan fingerprint density at radius 2 is 1.86 bits per heavy atom. The van der Waals surface area contributed by atoms with Gasteiger partial charge in [-0.15, -0.1) is 0 Å². The highest BCUT2D eigenvalue weighted by atomic mass is 35.5. The summed E-state index contributed by atoms with van der Waals surface area (Å²) in [5.74, 6) is -2.33. The minimum absolute atomic E-state index is 0.0165. The van der Waals surface area contributed by atoms with Gasteiger partial charge < -0.3 is 15.4 Å².